The lowest BCUT2D eigenvalue weighted by Gasteiger charge is -2.22. The first-order chi connectivity index (χ1) is 8.24. The summed E-state index contributed by atoms with van der Waals surface area (Å²) in [6.07, 6.45) is 8.07. The minimum absolute atomic E-state index is 0.129. The molecule has 0 atom stereocenters. The fourth-order valence-electron chi connectivity index (χ4n) is 2.19. The largest absolute Gasteiger partial charge is 0.480 e. The number of carboxylic acid groups (broad SMARTS) is 1. The molecule has 94 valence electrons. The molecule has 17 heavy (non-hydrogen) atoms. The molecule has 0 aliphatic heterocycles. The summed E-state index contributed by atoms with van der Waals surface area (Å²) in [6.45, 7) is 0.542. The van der Waals surface area contributed by atoms with Crippen LogP contribution in [0.25, 0.3) is 0 Å². The lowest BCUT2D eigenvalue weighted by atomic mass is 9.95. The number of aromatic nitrogens is 3. The van der Waals surface area contributed by atoms with Crippen LogP contribution in [0.15, 0.2) is 6.20 Å². The van der Waals surface area contributed by atoms with E-state index in [0.717, 1.165) is 5.69 Å². The predicted octanol–water partition coefficient (Wildman–Crippen LogP) is 0.785. The van der Waals surface area contributed by atoms with Gasteiger partial charge in [0.2, 0.25) is 0 Å². The second-order valence-corrected chi connectivity index (χ2v) is 4.52. The number of nitrogens with one attached hydrogen (secondary N) is 1. The van der Waals surface area contributed by atoms with E-state index in [1.807, 2.05) is 0 Å². The molecular weight excluding hydrogens is 220 g/mol. The summed E-state index contributed by atoms with van der Waals surface area (Å²) in [4.78, 5) is 10.5. The van der Waals surface area contributed by atoms with Crippen molar-refractivity contribution >= 4 is 5.97 Å². The maximum Gasteiger partial charge on any atom is 0.325 e. The summed E-state index contributed by atoms with van der Waals surface area (Å²) in [5.41, 5.74) is 0.803. The number of rotatable bonds is 5. The molecule has 0 radical (unpaired) electrons. The van der Waals surface area contributed by atoms with Gasteiger partial charge in [0.15, 0.2) is 0 Å². The summed E-state index contributed by atoms with van der Waals surface area (Å²) in [5, 5.41) is 19.8. The summed E-state index contributed by atoms with van der Waals surface area (Å²) in [6, 6.07) is 0.577. The summed E-state index contributed by atoms with van der Waals surface area (Å²) < 4.78 is 1.35. The molecule has 0 amide bonds. The highest BCUT2D eigenvalue weighted by Gasteiger charge is 2.13. The lowest BCUT2D eigenvalue weighted by Crippen LogP contribution is -2.30. The number of hydrogen-bond donors (Lipinski definition) is 2. The average Bonchev–Trinajstić information content (AvgIpc) is 2.75. The van der Waals surface area contributed by atoms with E-state index in [1.165, 1.54) is 36.8 Å². The number of hydrogen-bond acceptors (Lipinski definition) is 4. The maximum absolute atomic E-state index is 10.5. The molecule has 1 saturated carbocycles. The van der Waals surface area contributed by atoms with Crippen molar-refractivity contribution in [2.24, 2.45) is 0 Å². The van der Waals surface area contributed by atoms with Crippen molar-refractivity contribution in [2.45, 2.75) is 51.2 Å². The van der Waals surface area contributed by atoms with Crippen LogP contribution in [0.2, 0.25) is 0 Å². The van der Waals surface area contributed by atoms with Crippen molar-refractivity contribution in [2.75, 3.05) is 0 Å². The second-order valence-electron chi connectivity index (χ2n) is 4.52. The van der Waals surface area contributed by atoms with E-state index in [9.17, 15) is 4.79 Å². The molecule has 1 fully saturated rings. The van der Waals surface area contributed by atoms with Gasteiger partial charge in [-0.15, -0.1) is 5.10 Å². The van der Waals surface area contributed by atoms with Gasteiger partial charge in [-0.1, -0.05) is 24.5 Å². The zero-order valence-electron chi connectivity index (χ0n) is 9.80. The van der Waals surface area contributed by atoms with E-state index >= 15 is 0 Å². The van der Waals surface area contributed by atoms with Gasteiger partial charge >= 0.3 is 5.97 Å². The van der Waals surface area contributed by atoms with Crippen molar-refractivity contribution < 1.29 is 9.90 Å². The third-order valence-electron chi connectivity index (χ3n) is 3.06. The molecule has 1 aliphatic rings. The Morgan fingerprint density at radius 2 is 2.24 bits per heavy atom. The molecule has 0 unspecified atom stereocenters. The second kappa shape index (κ2) is 5.77. The van der Waals surface area contributed by atoms with Crippen molar-refractivity contribution in [3.05, 3.63) is 11.9 Å². The highest BCUT2D eigenvalue weighted by Crippen LogP contribution is 2.17. The number of aliphatic carboxylic acids is 1. The highest BCUT2D eigenvalue weighted by molar-refractivity contribution is 5.66. The molecule has 1 heterocycles. The Morgan fingerprint density at radius 1 is 1.47 bits per heavy atom. The molecule has 0 spiro atoms. The van der Waals surface area contributed by atoms with Gasteiger partial charge in [-0.3, -0.25) is 4.79 Å². The number of carbonyl (C=O) groups is 1. The van der Waals surface area contributed by atoms with Gasteiger partial charge in [0.1, 0.15) is 6.54 Å². The third-order valence-corrected chi connectivity index (χ3v) is 3.06. The van der Waals surface area contributed by atoms with Crippen LogP contribution >= 0.6 is 0 Å². The van der Waals surface area contributed by atoms with Gasteiger partial charge in [0, 0.05) is 12.6 Å². The van der Waals surface area contributed by atoms with Crippen LogP contribution < -0.4 is 5.32 Å². The zero-order valence-corrected chi connectivity index (χ0v) is 9.80. The lowest BCUT2D eigenvalue weighted by molar-refractivity contribution is -0.137. The normalized spacial score (nSPS) is 17.2. The fraction of sp³-hybridized carbons (Fsp3) is 0.727. The summed E-state index contributed by atoms with van der Waals surface area (Å²) in [7, 11) is 0. The summed E-state index contributed by atoms with van der Waals surface area (Å²) in [5.74, 6) is -0.901. The first kappa shape index (κ1) is 12.0. The molecule has 0 saturated heterocycles. The van der Waals surface area contributed by atoms with Gasteiger partial charge in [-0.05, 0) is 12.8 Å². The van der Waals surface area contributed by atoms with Crippen LogP contribution in [0.5, 0.6) is 0 Å². The SMILES string of the molecule is O=C(O)Cn1cc(CNC2CCCCC2)nn1. The molecule has 1 aliphatic carbocycles. The molecular formula is C11H18N4O2. The first-order valence-electron chi connectivity index (χ1n) is 6.08. The van der Waals surface area contributed by atoms with E-state index in [-0.39, 0.29) is 6.54 Å². The van der Waals surface area contributed by atoms with E-state index in [2.05, 4.69) is 15.6 Å². The third kappa shape index (κ3) is 3.81. The molecule has 1 aromatic heterocycles. The quantitative estimate of drug-likeness (QED) is 0.792. The van der Waals surface area contributed by atoms with Gasteiger partial charge < -0.3 is 10.4 Å². The predicted molar refractivity (Wildman–Crippen MR) is 61.4 cm³/mol. The smallest absolute Gasteiger partial charge is 0.325 e. The monoisotopic (exact) mass is 238 g/mol. The zero-order chi connectivity index (χ0) is 12.1. The van der Waals surface area contributed by atoms with Crippen molar-refractivity contribution in [1.29, 1.82) is 0 Å². The molecule has 2 N–H and O–H groups in total. The molecule has 6 heteroatoms. The number of carboxylic acids is 1. The molecule has 6 nitrogen and oxygen atoms in total. The minimum atomic E-state index is -0.901. The van der Waals surface area contributed by atoms with E-state index in [4.69, 9.17) is 5.11 Å². The van der Waals surface area contributed by atoms with E-state index in [0.29, 0.717) is 12.6 Å². The van der Waals surface area contributed by atoms with Crippen LogP contribution in [-0.2, 0) is 17.9 Å². The van der Waals surface area contributed by atoms with Crippen LogP contribution in [0.4, 0.5) is 0 Å². The Morgan fingerprint density at radius 3 is 2.94 bits per heavy atom. The number of nitrogens with zero attached hydrogens (tertiary/aromatic N) is 3. The van der Waals surface area contributed by atoms with E-state index < -0.39 is 5.97 Å². The van der Waals surface area contributed by atoms with Crippen molar-refractivity contribution in [3.63, 3.8) is 0 Å². The van der Waals surface area contributed by atoms with Crippen LogP contribution in [0.1, 0.15) is 37.8 Å². The van der Waals surface area contributed by atoms with Gasteiger partial charge in [-0.2, -0.15) is 0 Å². The Balaban J connectivity index is 1.78. The van der Waals surface area contributed by atoms with E-state index in [1.54, 1.807) is 6.20 Å². The Kier molecular flexibility index (Phi) is 4.08. The minimum Gasteiger partial charge on any atom is -0.480 e. The van der Waals surface area contributed by atoms with Crippen LogP contribution in [-0.4, -0.2) is 32.1 Å². The molecule has 0 aromatic carbocycles. The molecule has 0 bridgehead atoms. The Bertz CT molecular complexity index is 371. The first-order valence-corrected chi connectivity index (χ1v) is 6.08. The van der Waals surface area contributed by atoms with Gasteiger partial charge in [0.05, 0.1) is 11.9 Å². The topological polar surface area (TPSA) is 80.0 Å². The molecule has 1 aromatic rings. The Hall–Kier alpha value is -1.43. The highest BCUT2D eigenvalue weighted by atomic mass is 16.4. The average molecular weight is 238 g/mol. The summed E-state index contributed by atoms with van der Waals surface area (Å²) >= 11 is 0. The van der Waals surface area contributed by atoms with Crippen LogP contribution in [0, 0.1) is 0 Å². The molecule has 2 rings (SSSR count). The van der Waals surface area contributed by atoms with Gasteiger partial charge in [-0.25, -0.2) is 4.68 Å². The fourth-order valence-corrected chi connectivity index (χ4v) is 2.19. The van der Waals surface area contributed by atoms with Gasteiger partial charge in [0.25, 0.3) is 0 Å². The maximum atomic E-state index is 10.5. The van der Waals surface area contributed by atoms with Crippen molar-refractivity contribution in [3.8, 4) is 0 Å². The van der Waals surface area contributed by atoms with Crippen molar-refractivity contribution in [1.82, 2.24) is 20.3 Å². The van der Waals surface area contributed by atoms with Crippen LogP contribution in [0.3, 0.4) is 0 Å². The Labute approximate surface area is 100 Å². The standard InChI is InChI=1S/C11H18N4O2/c16-11(17)8-15-7-10(13-14-15)6-12-9-4-2-1-3-5-9/h7,9,12H,1-6,8H2,(H,16,17).